The maximum Gasteiger partial charge on any atom is 0.400 e. The van der Waals surface area contributed by atoms with E-state index in [0.717, 1.165) is 18.1 Å². The number of nitrogens with zero attached hydrogens (tertiary/aromatic N) is 5. The molecule has 0 saturated heterocycles. The molecule has 0 spiro atoms. The van der Waals surface area contributed by atoms with E-state index in [-0.39, 0.29) is 30.2 Å². The highest BCUT2D eigenvalue weighted by Crippen LogP contribution is 2.56. The highest BCUT2D eigenvalue weighted by Gasteiger charge is 2.61. The van der Waals surface area contributed by atoms with Crippen molar-refractivity contribution in [3.63, 3.8) is 0 Å². The Hall–Kier alpha value is -3.02. The summed E-state index contributed by atoms with van der Waals surface area (Å²) in [5.41, 5.74) is 0.314. The summed E-state index contributed by atoms with van der Waals surface area (Å²) in [6, 6.07) is 14.1. The molecule has 200 valence electrons. The van der Waals surface area contributed by atoms with Gasteiger partial charge >= 0.3 is 6.18 Å². The van der Waals surface area contributed by atoms with Crippen LogP contribution in [0.2, 0.25) is 10.0 Å². The molecule has 3 N–H and O–H groups in total. The van der Waals surface area contributed by atoms with Gasteiger partial charge in [0, 0.05) is 28.7 Å². The molecule has 4 rings (SSSR count). The molecule has 0 radical (unpaired) electrons. The van der Waals surface area contributed by atoms with Crippen LogP contribution in [0.3, 0.4) is 0 Å². The largest absolute Gasteiger partial charge is 0.400 e. The first-order valence-corrected chi connectivity index (χ1v) is 13.2. The summed E-state index contributed by atoms with van der Waals surface area (Å²) in [6.45, 7) is 3.58. The second-order valence-electron chi connectivity index (χ2n) is 8.64. The van der Waals surface area contributed by atoms with Gasteiger partial charge in [0.2, 0.25) is 0 Å². The van der Waals surface area contributed by atoms with E-state index in [1.165, 1.54) is 5.01 Å². The molecule has 1 aromatic heterocycles. The van der Waals surface area contributed by atoms with E-state index < -0.39 is 11.6 Å². The summed E-state index contributed by atoms with van der Waals surface area (Å²) < 4.78 is 43.8. The third-order valence-corrected chi connectivity index (χ3v) is 8.29. The number of hydrazone groups is 2. The van der Waals surface area contributed by atoms with Gasteiger partial charge in [0.25, 0.3) is 0 Å². The van der Waals surface area contributed by atoms with E-state index in [1.54, 1.807) is 42.5 Å². The summed E-state index contributed by atoms with van der Waals surface area (Å²) in [5, 5.41) is 17.2. The van der Waals surface area contributed by atoms with E-state index in [1.807, 2.05) is 10.6 Å². The van der Waals surface area contributed by atoms with Crippen LogP contribution in [0.25, 0.3) is 17.1 Å². The number of hydrogen-bond acceptors (Lipinski definition) is 6. The van der Waals surface area contributed by atoms with Gasteiger partial charge in [0.05, 0.1) is 23.0 Å². The zero-order chi connectivity index (χ0) is 27.5. The molecule has 38 heavy (non-hydrogen) atoms. The second-order valence-corrected chi connectivity index (χ2v) is 10.5. The van der Waals surface area contributed by atoms with Crippen molar-refractivity contribution in [2.75, 3.05) is 0 Å². The standard InChI is InChI=1S/C25H24Cl2F3N7S/c1-33-36(15-31)13-21-20(14-38-23(35-32)24(11-4-12-24)25(28,29)30)34-22(18-5-2-3-6-19(18)27)37(21)17-9-7-16(26)8-10-17/h2-3,5-10,15,31H,1,4,11-14,32H2/b31-15?,35-23-. The van der Waals surface area contributed by atoms with Crippen LogP contribution in [0.5, 0.6) is 0 Å². The number of hydrogen-bond donors (Lipinski definition) is 2. The summed E-state index contributed by atoms with van der Waals surface area (Å²) >= 11 is 13.6. The van der Waals surface area contributed by atoms with Gasteiger partial charge in [-0.25, -0.2) is 9.99 Å². The Morgan fingerprint density at radius 3 is 2.42 bits per heavy atom. The monoisotopic (exact) mass is 581 g/mol. The van der Waals surface area contributed by atoms with Crippen molar-refractivity contribution < 1.29 is 13.2 Å². The zero-order valence-corrected chi connectivity index (χ0v) is 22.4. The maximum atomic E-state index is 14.0. The number of nitrogens with two attached hydrogens (primary N) is 1. The van der Waals surface area contributed by atoms with E-state index in [9.17, 15) is 13.2 Å². The molecule has 1 heterocycles. The topological polar surface area (TPSA) is 95.7 Å². The third-order valence-electron chi connectivity index (χ3n) is 6.52. The Morgan fingerprint density at radius 1 is 1.21 bits per heavy atom. The molecule has 13 heteroatoms. The van der Waals surface area contributed by atoms with Crippen LogP contribution in [0, 0.1) is 10.8 Å². The molecular formula is C25H24Cl2F3N7S. The number of thioether (sulfide) groups is 1. The molecule has 1 aliphatic carbocycles. The lowest BCUT2D eigenvalue weighted by Crippen LogP contribution is -2.49. The number of benzene rings is 2. The van der Waals surface area contributed by atoms with E-state index in [4.69, 9.17) is 39.4 Å². The van der Waals surface area contributed by atoms with Crippen LogP contribution >= 0.6 is 35.0 Å². The van der Waals surface area contributed by atoms with Crippen LogP contribution in [0.15, 0.2) is 58.7 Å². The van der Waals surface area contributed by atoms with Gasteiger partial charge in [-0.2, -0.15) is 23.4 Å². The second kappa shape index (κ2) is 11.4. The van der Waals surface area contributed by atoms with E-state index >= 15 is 0 Å². The Bertz CT molecular complexity index is 1340. The van der Waals surface area contributed by atoms with Crippen molar-refractivity contribution in [3.8, 4) is 17.1 Å². The SMILES string of the molecule is C=NN(C=N)Cc1c(CS/C(=N\N)C2(C(F)(F)F)CCC2)nc(-c2ccccc2Cl)n1-c1ccc(Cl)cc1. The molecule has 1 saturated carbocycles. The minimum absolute atomic E-state index is 0.0459. The van der Waals surface area contributed by atoms with Gasteiger partial charge in [0.1, 0.15) is 22.6 Å². The third kappa shape index (κ3) is 5.27. The minimum atomic E-state index is -4.46. The number of alkyl halides is 3. The van der Waals surface area contributed by atoms with E-state index in [2.05, 4.69) is 16.9 Å². The average molecular weight is 582 g/mol. The quantitative estimate of drug-likeness (QED) is 0.122. The van der Waals surface area contributed by atoms with Gasteiger partial charge in [-0.05, 0) is 49.2 Å². The Labute approximate surface area is 232 Å². The molecular weight excluding hydrogens is 558 g/mol. The highest BCUT2D eigenvalue weighted by molar-refractivity contribution is 8.13. The Morgan fingerprint density at radius 2 is 1.89 bits per heavy atom. The van der Waals surface area contributed by atoms with Crippen LogP contribution in [0.1, 0.15) is 30.7 Å². The lowest BCUT2D eigenvalue weighted by Gasteiger charge is -2.43. The van der Waals surface area contributed by atoms with Gasteiger partial charge < -0.3 is 5.84 Å². The Kier molecular flexibility index (Phi) is 8.39. The average Bonchev–Trinajstić information content (AvgIpc) is 3.21. The zero-order valence-electron chi connectivity index (χ0n) is 20.1. The van der Waals surface area contributed by atoms with Crippen molar-refractivity contribution in [1.82, 2.24) is 14.6 Å². The first-order chi connectivity index (χ1) is 18.1. The molecule has 0 unspecified atom stereocenters. The van der Waals surface area contributed by atoms with Crippen LogP contribution < -0.4 is 5.84 Å². The highest BCUT2D eigenvalue weighted by atomic mass is 35.5. The van der Waals surface area contributed by atoms with Crippen molar-refractivity contribution in [2.45, 2.75) is 37.7 Å². The fourth-order valence-electron chi connectivity index (χ4n) is 4.34. The lowest BCUT2D eigenvalue weighted by atomic mass is 9.69. The van der Waals surface area contributed by atoms with Gasteiger partial charge in [0.15, 0.2) is 0 Å². The van der Waals surface area contributed by atoms with Gasteiger partial charge in [-0.3, -0.25) is 9.98 Å². The summed E-state index contributed by atoms with van der Waals surface area (Å²) in [5.74, 6) is 6.01. The first kappa shape index (κ1) is 28.0. The molecule has 1 aliphatic rings. The predicted molar refractivity (Wildman–Crippen MR) is 148 cm³/mol. The first-order valence-electron chi connectivity index (χ1n) is 11.5. The normalized spacial score (nSPS) is 15.1. The van der Waals surface area contributed by atoms with Crippen LogP contribution in [-0.2, 0) is 12.3 Å². The predicted octanol–water partition coefficient (Wildman–Crippen LogP) is 7.11. The fraction of sp³-hybridized carbons (Fsp3) is 0.280. The van der Waals surface area contributed by atoms with Gasteiger partial charge in [-0.1, -0.05) is 41.8 Å². The number of nitrogens with one attached hydrogen (secondary N) is 1. The van der Waals surface area contributed by atoms with E-state index in [0.29, 0.717) is 44.9 Å². The number of imidazole rings is 1. The van der Waals surface area contributed by atoms with Crippen LogP contribution in [0.4, 0.5) is 13.2 Å². The molecule has 3 aromatic rings. The Balaban J connectivity index is 1.86. The van der Waals surface area contributed by atoms with Crippen LogP contribution in [-0.4, -0.2) is 38.8 Å². The molecule has 0 atom stereocenters. The molecule has 7 nitrogen and oxygen atoms in total. The van der Waals surface area contributed by atoms with Crippen molar-refractivity contribution in [2.24, 2.45) is 21.5 Å². The molecule has 0 bridgehead atoms. The van der Waals surface area contributed by atoms with Crippen molar-refractivity contribution in [1.29, 1.82) is 5.41 Å². The molecule has 0 amide bonds. The number of rotatable bonds is 9. The number of halogens is 5. The van der Waals surface area contributed by atoms with Crippen molar-refractivity contribution >= 4 is 53.1 Å². The van der Waals surface area contributed by atoms with Crippen molar-refractivity contribution in [3.05, 3.63) is 70.0 Å². The maximum absolute atomic E-state index is 14.0. The minimum Gasteiger partial charge on any atom is -0.322 e. The molecule has 0 aliphatic heterocycles. The summed E-state index contributed by atoms with van der Waals surface area (Å²) in [4.78, 5) is 4.84. The lowest BCUT2D eigenvalue weighted by molar-refractivity contribution is -0.219. The van der Waals surface area contributed by atoms with Gasteiger partial charge in [-0.15, -0.1) is 11.8 Å². The smallest absolute Gasteiger partial charge is 0.322 e. The summed E-state index contributed by atoms with van der Waals surface area (Å²) in [7, 11) is 0. The molecule has 2 aromatic carbocycles. The fourth-order valence-corrected chi connectivity index (χ4v) is 5.86. The summed E-state index contributed by atoms with van der Waals surface area (Å²) in [6.07, 6.45) is -3.13. The number of aromatic nitrogens is 2. The molecule has 1 fully saturated rings.